The molecule has 130 valence electrons. The van der Waals surface area contributed by atoms with E-state index in [1.54, 1.807) is 52.1 Å². The van der Waals surface area contributed by atoms with Crippen molar-refractivity contribution < 1.29 is 27.9 Å². The van der Waals surface area contributed by atoms with E-state index in [0.29, 0.717) is 0 Å². The molecular weight excluding hydrogens is 321 g/mol. The van der Waals surface area contributed by atoms with Crippen LogP contribution in [-0.2, 0) is 25.0 Å². The Labute approximate surface area is 136 Å². The van der Waals surface area contributed by atoms with Crippen molar-refractivity contribution in [3.05, 3.63) is 29.8 Å². The molecule has 7 nitrogen and oxygen atoms in total. The van der Waals surface area contributed by atoms with E-state index in [0.717, 1.165) is 11.3 Å². The van der Waals surface area contributed by atoms with Crippen molar-refractivity contribution in [1.29, 1.82) is 0 Å². The number of alkyl carbamates (subject to hydrolysis) is 1. The highest BCUT2D eigenvalue weighted by atomic mass is 31.2. The summed E-state index contributed by atoms with van der Waals surface area (Å²) in [4.78, 5) is 11.8. The Bertz CT molecular complexity index is 523. The first-order chi connectivity index (χ1) is 10.9. The Morgan fingerprint density at radius 3 is 2.22 bits per heavy atom. The number of amides is 1. The van der Waals surface area contributed by atoms with Gasteiger partial charge < -0.3 is 23.8 Å². The van der Waals surface area contributed by atoms with E-state index in [2.05, 4.69) is 5.32 Å². The minimum Gasteiger partial charge on any atom is -0.497 e. The Morgan fingerprint density at radius 2 is 1.74 bits per heavy atom. The van der Waals surface area contributed by atoms with Crippen LogP contribution in [-0.4, -0.2) is 32.2 Å². The molecule has 1 unspecified atom stereocenters. The van der Waals surface area contributed by atoms with E-state index < -0.39 is 19.5 Å². The fourth-order valence-electron chi connectivity index (χ4n) is 1.78. The lowest BCUT2D eigenvalue weighted by Gasteiger charge is -2.23. The van der Waals surface area contributed by atoms with E-state index in [1.165, 1.54) is 0 Å². The average molecular weight is 345 g/mol. The lowest BCUT2D eigenvalue weighted by atomic mass is 10.2. The van der Waals surface area contributed by atoms with Crippen molar-refractivity contribution in [1.82, 2.24) is 5.32 Å². The molecule has 0 spiro atoms. The molecule has 0 fully saturated rings. The molecule has 0 heterocycles. The van der Waals surface area contributed by atoms with Crippen molar-refractivity contribution in [2.45, 2.75) is 33.2 Å². The molecule has 1 aromatic carbocycles. The zero-order chi connectivity index (χ0) is 17.3. The fourth-order valence-corrected chi connectivity index (χ4v) is 3.29. The van der Waals surface area contributed by atoms with E-state index >= 15 is 0 Å². The summed E-state index contributed by atoms with van der Waals surface area (Å²) >= 11 is 0. The van der Waals surface area contributed by atoms with Crippen LogP contribution >= 0.6 is 7.60 Å². The summed E-state index contributed by atoms with van der Waals surface area (Å²) in [5.74, 6) is -0.0769. The zero-order valence-corrected chi connectivity index (χ0v) is 14.8. The molecule has 0 radical (unpaired) electrons. The second-order valence-electron chi connectivity index (χ2n) is 4.62. The molecule has 23 heavy (non-hydrogen) atoms. The van der Waals surface area contributed by atoms with Crippen molar-refractivity contribution in [2.75, 3.05) is 20.3 Å². The van der Waals surface area contributed by atoms with Crippen LogP contribution in [0.15, 0.2) is 24.3 Å². The third-order valence-corrected chi connectivity index (χ3v) is 5.26. The Morgan fingerprint density at radius 1 is 1.17 bits per heavy atom. The quantitative estimate of drug-likeness (QED) is 0.689. The van der Waals surface area contributed by atoms with Crippen LogP contribution in [0.4, 0.5) is 4.79 Å². The van der Waals surface area contributed by atoms with Gasteiger partial charge in [0.05, 0.1) is 20.3 Å². The number of benzene rings is 1. The number of ether oxygens (including phenoxy) is 2. The summed E-state index contributed by atoms with van der Waals surface area (Å²) < 4.78 is 33.0. The number of methoxy groups -OCH3 is 1. The highest BCUT2D eigenvalue weighted by Crippen LogP contribution is 2.51. The fraction of sp³-hybridized carbons (Fsp3) is 0.533. The molecule has 8 heteroatoms. The summed E-state index contributed by atoms with van der Waals surface area (Å²) in [6.07, 6.45) is -0.687. The normalized spacial score (nSPS) is 12.5. The topological polar surface area (TPSA) is 83.1 Å². The summed E-state index contributed by atoms with van der Waals surface area (Å²) in [5, 5.41) is 2.48. The highest BCUT2D eigenvalue weighted by molar-refractivity contribution is 7.54. The monoisotopic (exact) mass is 345 g/mol. The first kappa shape index (κ1) is 19.5. The molecule has 1 atom stereocenters. The van der Waals surface area contributed by atoms with E-state index in [4.69, 9.17) is 18.5 Å². The maximum Gasteiger partial charge on any atom is 0.408 e. The SMILES string of the molecule is CCOP(=O)(OCC)C(C)NC(=O)OCc1ccc(OC)cc1. The summed E-state index contributed by atoms with van der Waals surface area (Å²) in [6.45, 7) is 5.52. The van der Waals surface area contributed by atoms with Gasteiger partial charge in [0.2, 0.25) is 0 Å². The minimum absolute atomic E-state index is 0.0934. The summed E-state index contributed by atoms with van der Waals surface area (Å²) in [7, 11) is -1.82. The smallest absolute Gasteiger partial charge is 0.408 e. The van der Waals surface area contributed by atoms with Crippen molar-refractivity contribution >= 4 is 13.7 Å². The highest BCUT2D eigenvalue weighted by Gasteiger charge is 2.33. The van der Waals surface area contributed by atoms with E-state index in [-0.39, 0.29) is 19.8 Å². The average Bonchev–Trinajstić information content (AvgIpc) is 2.53. The van der Waals surface area contributed by atoms with Crippen molar-refractivity contribution in [3.63, 3.8) is 0 Å². The number of carbonyl (C=O) groups excluding carboxylic acids is 1. The van der Waals surface area contributed by atoms with E-state index in [1.807, 2.05) is 0 Å². The second-order valence-corrected chi connectivity index (χ2v) is 6.99. The molecule has 0 aliphatic heterocycles. The molecule has 0 aromatic heterocycles. The Balaban J connectivity index is 2.52. The third kappa shape index (κ3) is 6.22. The van der Waals surface area contributed by atoms with Crippen LogP contribution in [0.3, 0.4) is 0 Å². The van der Waals surface area contributed by atoms with Crippen LogP contribution in [0.5, 0.6) is 5.75 Å². The predicted molar refractivity (Wildman–Crippen MR) is 86.6 cm³/mol. The largest absolute Gasteiger partial charge is 0.497 e. The molecule has 0 saturated carbocycles. The van der Waals surface area contributed by atoms with Crippen LogP contribution in [0.1, 0.15) is 26.3 Å². The van der Waals surface area contributed by atoms with Crippen molar-refractivity contribution in [3.8, 4) is 5.75 Å². The predicted octanol–water partition coefficient (Wildman–Crippen LogP) is 3.53. The van der Waals surface area contributed by atoms with Crippen LogP contribution in [0.2, 0.25) is 0 Å². The van der Waals surface area contributed by atoms with Gasteiger partial charge in [-0.2, -0.15) is 0 Å². The van der Waals surface area contributed by atoms with Crippen LogP contribution in [0.25, 0.3) is 0 Å². The maximum atomic E-state index is 12.5. The van der Waals surface area contributed by atoms with Gasteiger partial charge >= 0.3 is 13.7 Å². The summed E-state index contributed by atoms with van der Waals surface area (Å²) in [6, 6.07) is 7.14. The zero-order valence-electron chi connectivity index (χ0n) is 13.9. The van der Waals surface area contributed by atoms with E-state index in [9.17, 15) is 9.36 Å². The molecule has 1 aromatic rings. The van der Waals surface area contributed by atoms with Gasteiger partial charge in [0.25, 0.3) is 0 Å². The number of nitrogens with one attached hydrogen (secondary N) is 1. The number of hydrogen-bond acceptors (Lipinski definition) is 6. The number of rotatable bonds is 9. The van der Waals surface area contributed by atoms with Gasteiger partial charge in [0.15, 0.2) is 0 Å². The van der Waals surface area contributed by atoms with Crippen LogP contribution in [0, 0.1) is 0 Å². The van der Waals surface area contributed by atoms with Gasteiger partial charge in [0.1, 0.15) is 18.1 Å². The number of hydrogen-bond donors (Lipinski definition) is 1. The maximum absolute atomic E-state index is 12.5. The van der Waals surface area contributed by atoms with Gasteiger partial charge in [-0.3, -0.25) is 4.57 Å². The lowest BCUT2D eigenvalue weighted by Crippen LogP contribution is -2.34. The van der Waals surface area contributed by atoms with Crippen molar-refractivity contribution in [2.24, 2.45) is 0 Å². The Kier molecular flexibility index (Phi) is 8.09. The molecule has 0 saturated heterocycles. The second kappa shape index (κ2) is 9.55. The van der Waals surface area contributed by atoms with Gasteiger partial charge in [-0.15, -0.1) is 0 Å². The molecule has 0 aliphatic carbocycles. The third-order valence-electron chi connectivity index (χ3n) is 2.95. The number of carbonyl (C=O) groups is 1. The first-order valence-corrected chi connectivity index (χ1v) is 9.01. The molecular formula is C15H24NO6P. The lowest BCUT2D eigenvalue weighted by molar-refractivity contribution is 0.135. The van der Waals surface area contributed by atoms with Gasteiger partial charge in [-0.1, -0.05) is 12.1 Å². The van der Waals surface area contributed by atoms with Gasteiger partial charge in [0, 0.05) is 0 Å². The molecule has 1 rings (SSSR count). The summed E-state index contributed by atoms with van der Waals surface area (Å²) in [5.41, 5.74) is 0.811. The molecule has 0 bridgehead atoms. The minimum atomic E-state index is -3.40. The molecule has 0 aliphatic rings. The molecule has 1 amide bonds. The van der Waals surface area contributed by atoms with Crippen LogP contribution < -0.4 is 10.1 Å². The standard InChI is InChI=1S/C15H24NO6P/c1-5-21-23(18,22-6-2)12(3)16-15(17)20-11-13-7-9-14(19-4)10-8-13/h7-10,12H,5-6,11H2,1-4H3,(H,16,17). The van der Waals surface area contributed by atoms with Gasteiger partial charge in [-0.25, -0.2) is 4.79 Å². The Hall–Kier alpha value is -1.56. The first-order valence-electron chi connectivity index (χ1n) is 7.40. The van der Waals surface area contributed by atoms with Gasteiger partial charge in [-0.05, 0) is 38.5 Å². The molecule has 1 N–H and O–H groups in total.